The Morgan fingerprint density at radius 1 is 0.275 bits per heavy atom. The number of hydrogen-bond acceptors (Lipinski definition) is 0. The maximum atomic E-state index is 2.44. The number of hydrogen-bond donors (Lipinski definition) is 0. The van der Waals surface area contributed by atoms with Crippen molar-refractivity contribution in [3.63, 3.8) is 0 Å². The Hall–Kier alpha value is -3.82. The minimum atomic E-state index is -2.86. The third kappa shape index (κ3) is 4.15. The number of rotatable bonds is 7. The zero-order chi connectivity index (χ0) is 27.4. The Labute approximate surface area is 240 Å². The summed E-state index contributed by atoms with van der Waals surface area (Å²) in [6.07, 6.45) is 0. The first-order valence-corrected chi connectivity index (χ1v) is 19.0. The monoisotopic (exact) mass is 554 g/mol. The Bertz CT molecular complexity index is 1490. The van der Waals surface area contributed by atoms with Gasteiger partial charge in [-0.2, -0.15) is 0 Å². The molecule has 0 bridgehead atoms. The van der Waals surface area contributed by atoms with Gasteiger partial charge >= 0.3 is 241 Å². The molecule has 0 nitrogen and oxygen atoms in total. The van der Waals surface area contributed by atoms with E-state index in [0.29, 0.717) is 0 Å². The first-order chi connectivity index (χ1) is 19.7. The minimum absolute atomic E-state index is 1.36. The fourth-order valence-electron chi connectivity index (χ4n) is 6.97. The molecule has 0 saturated heterocycles. The summed E-state index contributed by atoms with van der Waals surface area (Å²) in [4.78, 5) is 0. The first-order valence-electron chi connectivity index (χ1n) is 14.0. The summed E-state index contributed by atoms with van der Waals surface area (Å²) in [6, 6.07) is 64.3. The zero-order valence-electron chi connectivity index (χ0n) is 23.2. The summed E-state index contributed by atoms with van der Waals surface area (Å²) >= 11 is 0. The molecule has 198 valence electrons. The van der Waals surface area contributed by atoms with E-state index in [1.807, 2.05) is 0 Å². The molecule has 0 aliphatic carbocycles. The molecule has 0 atom stereocenters. The average molecular weight is 555 g/mol. The van der Waals surface area contributed by atoms with Crippen molar-refractivity contribution >= 4 is 45.7 Å². The van der Waals surface area contributed by atoms with Crippen molar-refractivity contribution in [2.45, 2.75) is 13.8 Å². The van der Waals surface area contributed by atoms with Crippen molar-refractivity contribution in [1.29, 1.82) is 0 Å². The van der Waals surface area contributed by atoms with Crippen LogP contribution in [0.1, 0.15) is 11.1 Å². The normalized spacial score (nSPS) is 12.6. The second-order valence-corrected chi connectivity index (χ2v) is 21.5. The molecule has 6 rings (SSSR count). The molecule has 6 aromatic rings. The van der Waals surface area contributed by atoms with Gasteiger partial charge in [-0.1, -0.05) is 0 Å². The molecule has 40 heavy (non-hydrogen) atoms. The molecular formula is C38H36P2. The summed E-state index contributed by atoms with van der Waals surface area (Å²) < 4.78 is 0. The van der Waals surface area contributed by atoms with Crippen LogP contribution in [0, 0.1) is 13.8 Å². The molecule has 0 aliphatic rings. The van der Waals surface area contributed by atoms with Crippen molar-refractivity contribution in [3.8, 4) is 0 Å². The van der Waals surface area contributed by atoms with Gasteiger partial charge in [0.2, 0.25) is 0 Å². The predicted octanol–water partition coefficient (Wildman–Crippen LogP) is 6.97. The summed E-state index contributed by atoms with van der Waals surface area (Å²) in [5, 5.41) is 8.82. The Morgan fingerprint density at radius 2 is 0.500 bits per heavy atom. The van der Waals surface area contributed by atoms with Crippen molar-refractivity contribution in [2.24, 2.45) is 0 Å². The van der Waals surface area contributed by atoms with Gasteiger partial charge in [-0.3, -0.25) is 0 Å². The standard InChI is InChI=1S/C38H36P2/c1-31-19-15-17-29-37(31)39(33-21-7-3-8-22-33,34-23-9-4-10-24-34)40(35-25-11-5-12-26-35,36-27-13-6-14-28-36)38-30-18-16-20-32(38)2/h3-30,39-40H,1-2H3. The van der Waals surface area contributed by atoms with Crippen LogP contribution in [0.2, 0.25) is 0 Å². The fourth-order valence-corrected chi connectivity index (χ4v) is 27.5. The zero-order valence-corrected chi connectivity index (χ0v) is 25.2. The van der Waals surface area contributed by atoms with Gasteiger partial charge in [0.1, 0.15) is 0 Å². The van der Waals surface area contributed by atoms with E-state index in [2.05, 4.69) is 184 Å². The van der Waals surface area contributed by atoms with Crippen molar-refractivity contribution in [2.75, 3.05) is 0 Å². The van der Waals surface area contributed by atoms with Crippen molar-refractivity contribution in [1.82, 2.24) is 0 Å². The molecule has 0 saturated carbocycles. The van der Waals surface area contributed by atoms with E-state index in [4.69, 9.17) is 0 Å². The van der Waals surface area contributed by atoms with Gasteiger partial charge in [0, 0.05) is 0 Å². The Balaban J connectivity index is 1.98. The van der Waals surface area contributed by atoms with E-state index < -0.39 is 13.9 Å². The molecule has 0 fully saturated rings. The SMILES string of the molecule is Cc1ccccc1[PH](c1ccccc1)(c1ccccc1)[PH](c1ccccc1)(c1ccccc1)c1ccccc1C. The molecular weight excluding hydrogens is 518 g/mol. The fraction of sp³-hybridized carbons (Fsp3) is 0.0526. The molecule has 0 spiro atoms. The topological polar surface area (TPSA) is 0 Å². The molecule has 0 aliphatic heterocycles. The van der Waals surface area contributed by atoms with E-state index in [0.717, 1.165) is 0 Å². The summed E-state index contributed by atoms with van der Waals surface area (Å²) in [5.41, 5.74) is 2.72. The molecule has 0 amide bonds. The Kier molecular flexibility index (Phi) is 7.49. The predicted molar refractivity (Wildman–Crippen MR) is 183 cm³/mol. The number of benzene rings is 6. The van der Waals surface area contributed by atoms with E-state index >= 15 is 0 Å². The van der Waals surface area contributed by atoms with Crippen LogP contribution in [0.5, 0.6) is 0 Å². The van der Waals surface area contributed by atoms with Crippen molar-refractivity contribution < 1.29 is 0 Å². The van der Waals surface area contributed by atoms with E-state index in [1.165, 1.54) is 43.0 Å². The van der Waals surface area contributed by atoms with Crippen LogP contribution in [0.15, 0.2) is 170 Å². The molecule has 0 radical (unpaired) electrons. The molecule has 0 heterocycles. The quantitative estimate of drug-likeness (QED) is 0.187. The third-order valence-electron chi connectivity index (χ3n) is 8.49. The van der Waals surface area contributed by atoms with Gasteiger partial charge in [-0.05, 0) is 0 Å². The van der Waals surface area contributed by atoms with Crippen LogP contribution in [-0.4, -0.2) is 0 Å². The third-order valence-corrected chi connectivity index (χ3v) is 25.6. The summed E-state index contributed by atoms with van der Waals surface area (Å²) in [7, 11) is 0. The van der Waals surface area contributed by atoms with Crippen LogP contribution < -0.4 is 31.8 Å². The van der Waals surface area contributed by atoms with Gasteiger partial charge < -0.3 is 0 Å². The Morgan fingerprint density at radius 3 is 0.750 bits per heavy atom. The van der Waals surface area contributed by atoms with Crippen LogP contribution in [-0.2, 0) is 0 Å². The van der Waals surface area contributed by atoms with Gasteiger partial charge in [-0.25, -0.2) is 0 Å². The number of aryl methyl sites for hydroxylation is 2. The second-order valence-electron chi connectivity index (χ2n) is 10.6. The first kappa shape index (κ1) is 26.4. The van der Waals surface area contributed by atoms with Crippen LogP contribution in [0.25, 0.3) is 0 Å². The summed E-state index contributed by atoms with van der Waals surface area (Å²) in [6.45, 7) is -1.10. The van der Waals surface area contributed by atoms with Crippen LogP contribution >= 0.6 is 13.9 Å². The van der Waals surface area contributed by atoms with Crippen LogP contribution in [0.4, 0.5) is 0 Å². The van der Waals surface area contributed by atoms with Gasteiger partial charge in [0.25, 0.3) is 0 Å². The molecule has 2 heteroatoms. The van der Waals surface area contributed by atoms with E-state index in [9.17, 15) is 0 Å². The maximum absolute atomic E-state index is 2.86. The molecule has 6 aromatic carbocycles. The van der Waals surface area contributed by atoms with Gasteiger partial charge in [0.05, 0.1) is 0 Å². The van der Waals surface area contributed by atoms with Gasteiger partial charge in [0.15, 0.2) is 0 Å². The van der Waals surface area contributed by atoms with E-state index in [1.54, 1.807) is 0 Å². The second kappa shape index (κ2) is 11.3. The average Bonchev–Trinajstić information content (AvgIpc) is 3.03. The molecule has 0 unspecified atom stereocenters. The van der Waals surface area contributed by atoms with Crippen LogP contribution in [0.3, 0.4) is 0 Å². The van der Waals surface area contributed by atoms with E-state index in [-0.39, 0.29) is 0 Å². The summed E-state index contributed by atoms with van der Waals surface area (Å²) in [5.74, 6) is 0. The van der Waals surface area contributed by atoms with Crippen molar-refractivity contribution in [3.05, 3.63) is 181 Å². The molecule has 0 N–H and O–H groups in total. The molecule has 0 aromatic heterocycles. The van der Waals surface area contributed by atoms with Gasteiger partial charge in [-0.15, -0.1) is 0 Å².